The van der Waals surface area contributed by atoms with E-state index in [9.17, 15) is 0 Å². The van der Waals surface area contributed by atoms with E-state index in [-0.39, 0.29) is 5.60 Å². The Labute approximate surface area is 63.5 Å². The van der Waals surface area contributed by atoms with E-state index >= 15 is 0 Å². The molecule has 0 aliphatic heterocycles. The first-order chi connectivity index (χ1) is 4.62. The minimum absolute atomic E-state index is 0.183. The van der Waals surface area contributed by atoms with Crippen molar-refractivity contribution in [2.75, 3.05) is 13.2 Å². The van der Waals surface area contributed by atoms with Crippen LogP contribution in [-0.2, 0) is 9.47 Å². The number of hydrogen-bond donors (Lipinski definition) is 0. The van der Waals surface area contributed by atoms with E-state index in [0.717, 1.165) is 13.0 Å². The quantitative estimate of drug-likeness (QED) is 0.589. The van der Waals surface area contributed by atoms with E-state index in [0.29, 0.717) is 6.61 Å². The van der Waals surface area contributed by atoms with Gasteiger partial charge < -0.3 is 9.47 Å². The molecule has 0 aromatic rings. The topological polar surface area (TPSA) is 18.5 Å². The third-order valence-electron chi connectivity index (χ3n) is 1.15. The van der Waals surface area contributed by atoms with Crippen LogP contribution in [0.4, 0.5) is 0 Å². The highest BCUT2D eigenvalue weighted by Crippen LogP contribution is 2.09. The fraction of sp³-hybridized carbons (Fsp3) is 0.875. The molecule has 1 radical (unpaired) electrons. The fourth-order valence-corrected chi connectivity index (χ4v) is 0.666. The van der Waals surface area contributed by atoms with Crippen LogP contribution in [0.3, 0.4) is 0 Å². The Kier molecular flexibility index (Phi) is 4.65. The highest BCUT2D eigenvalue weighted by Gasteiger charge is 2.16. The summed E-state index contributed by atoms with van der Waals surface area (Å²) >= 11 is 0. The Morgan fingerprint density at radius 3 is 2.40 bits per heavy atom. The Morgan fingerprint density at radius 2 is 2.00 bits per heavy atom. The van der Waals surface area contributed by atoms with Crippen molar-refractivity contribution in [3.05, 3.63) is 7.11 Å². The molecule has 0 amide bonds. The predicted octanol–water partition coefficient (Wildman–Crippen LogP) is 2.00. The SMILES string of the molecule is [CH2]OCC(C)(C)OCCC. The van der Waals surface area contributed by atoms with Crippen LogP contribution in [0.25, 0.3) is 0 Å². The Balaban J connectivity index is 3.42. The van der Waals surface area contributed by atoms with Gasteiger partial charge in [-0.3, -0.25) is 0 Å². The van der Waals surface area contributed by atoms with Crippen molar-refractivity contribution in [1.29, 1.82) is 0 Å². The first-order valence-electron chi connectivity index (χ1n) is 3.63. The molecule has 2 nitrogen and oxygen atoms in total. The van der Waals surface area contributed by atoms with E-state index in [1.165, 1.54) is 0 Å². The van der Waals surface area contributed by atoms with Crippen LogP contribution in [0.2, 0.25) is 0 Å². The normalized spacial score (nSPS) is 12.0. The highest BCUT2D eigenvalue weighted by atomic mass is 16.5. The molecule has 0 aromatic carbocycles. The summed E-state index contributed by atoms with van der Waals surface area (Å²) in [7, 11) is 3.30. The molecule has 0 unspecified atom stereocenters. The lowest BCUT2D eigenvalue weighted by Crippen LogP contribution is -2.30. The molecule has 0 aliphatic rings. The zero-order valence-corrected chi connectivity index (χ0v) is 7.14. The van der Waals surface area contributed by atoms with E-state index in [2.05, 4.69) is 14.0 Å². The summed E-state index contributed by atoms with van der Waals surface area (Å²) in [5.74, 6) is 0. The summed E-state index contributed by atoms with van der Waals surface area (Å²) in [6, 6.07) is 0. The van der Waals surface area contributed by atoms with Crippen molar-refractivity contribution in [2.24, 2.45) is 0 Å². The molecule has 0 bridgehead atoms. The van der Waals surface area contributed by atoms with Crippen LogP contribution < -0.4 is 0 Å². The summed E-state index contributed by atoms with van der Waals surface area (Å²) in [5, 5.41) is 0. The third-order valence-corrected chi connectivity index (χ3v) is 1.15. The van der Waals surface area contributed by atoms with E-state index in [1.807, 2.05) is 13.8 Å². The smallest absolute Gasteiger partial charge is 0.0858 e. The summed E-state index contributed by atoms with van der Waals surface area (Å²) < 4.78 is 10.2. The highest BCUT2D eigenvalue weighted by molar-refractivity contribution is 4.66. The van der Waals surface area contributed by atoms with Crippen LogP contribution >= 0.6 is 0 Å². The van der Waals surface area contributed by atoms with Gasteiger partial charge in [-0.2, -0.15) is 0 Å². The molecular formula is C8H17O2. The van der Waals surface area contributed by atoms with Gasteiger partial charge in [0, 0.05) is 6.61 Å². The summed E-state index contributed by atoms with van der Waals surface area (Å²) in [6.07, 6.45) is 1.04. The Morgan fingerprint density at radius 1 is 1.40 bits per heavy atom. The summed E-state index contributed by atoms with van der Waals surface area (Å²) in [6.45, 7) is 7.41. The minimum Gasteiger partial charge on any atom is -0.376 e. The van der Waals surface area contributed by atoms with Gasteiger partial charge in [-0.1, -0.05) is 6.92 Å². The van der Waals surface area contributed by atoms with Crippen LogP contribution in [0.5, 0.6) is 0 Å². The van der Waals surface area contributed by atoms with Gasteiger partial charge in [-0.15, -0.1) is 0 Å². The maximum atomic E-state index is 5.45. The molecule has 0 aromatic heterocycles. The number of hydrogen-bond acceptors (Lipinski definition) is 2. The molecule has 0 heterocycles. The molecule has 0 atom stereocenters. The van der Waals surface area contributed by atoms with Crippen LogP contribution in [0, 0.1) is 7.11 Å². The molecule has 0 aliphatic carbocycles. The second kappa shape index (κ2) is 4.69. The van der Waals surface area contributed by atoms with Crippen LogP contribution in [0.15, 0.2) is 0 Å². The van der Waals surface area contributed by atoms with Gasteiger partial charge in [0.1, 0.15) is 0 Å². The molecule has 0 N–H and O–H groups in total. The lowest BCUT2D eigenvalue weighted by atomic mass is 10.1. The molecule has 0 fully saturated rings. The number of rotatable bonds is 5. The first kappa shape index (κ1) is 9.92. The van der Waals surface area contributed by atoms with Gasteiger partial charge in [0.25, 0.3) is 0 Å². The van der Waals surface area contributed by atoms with Crippen molar-refractivity contribution < 1.29 is 9.47 Å². The molecule has 2 heteroatoms. The van der Waals surface area contributed by atoms with Crippen molar-refractivity contribution in [3.63, 3.8) is 0 Å². The van der Waals surface area contributed by atoms with Crippen LogP contribution in [0.1, 0.15) is 27.2 Å². The monoisotopic (exact) mass is 145 g/mol. The van der Waals surface area contributed by atoms with E-state index < -0.39 is 0 Å². The van der Waals surface area contributed by atoms with Gasteiger partial charge in [0.2, 0.25) is 0 Å². The van der Waals surface area contributed by atoms with Gasteiger partial charge >= 0.3 is 0 Å². The molecular weight excluding hydrogens is 128 g/mol. The average Bonchev–Trinajstić information content (AvgIpc) is 1.84. The largest absolute Gasteiger partial charge is 0.376 e. The van der Waals surface area contributed by atoms with E-state index in [1.54, 1.807) is 0 Å². The second-order valence-electron chi connectivity index (χ2n) is 2.96. The van der Waals surface area contributed by atoms with Crippen molar-refractivity contribution in [2.45, 2.75) is 32.8 Å². The molecule has 61 valence electrons. The number of ether oxygens (including phenoxy) is 2. The average molecular weight is 145 g/mol. The van der Waals surface area contributed by atoms with E-state index in [4.69, 9.17) is 9.47 Å². The Bertz CT molecular complexity index is 79.3. The zero-order chi connectivity index (χ0) is 8.04. The predicted molar refractivity (Wildman–Crippen MR) is 41.6 cm³/mol. The van der Waals surface area contributed by atoms with Gasteiger partial charge in [0.15, 0.2) is 0 Å². The zero-order valence-electron chi connectivity index (χ0n) is 7.14. The lowest BCUT2D eigenvalue weighted by molar-refractivity contribution is -0.0575. The van der Waals surface area contributed by atoms with Crippen molar-refractivity contribution in [1.82, 2.24) is 0 Å². The third kappa shape index (κ3) is 4.77. The second-order valence-corrected chi connectivity index (χ2v) is 2.96. The van der Waals surface area contributed by atoms with Crippen LogP contribution in [-0.4, -0.2) is 18.8 Å². The molecule has 0 spiro atoms. The van der Waals surface area contributed by atoms with Crippen molar-refractivity contribution >= 4 is 0 Å². The summed E-state index contributed by atoms with van der Waals surface area (Å²) in [4.78, 5) is 0. The fourth-order valence-electron chi connectivity index (χ4n) is 0.666. The lowest BCUT2D eigenvalue weighted by Gasteiger charge is -2.23. The maximum absolute atomic E-state index is 5.45. The Hall–Kier alpha value is -0.0800. The standard InChI is InChI=1S/C8H17O2/c1-5-6-10-8(2,3)7-9-4/h4-7H2,1-3H3. The maximum Gasteiger partial charge on any atom is 0.0858 e. The summed E-state index contributed by atoms with van der Waals surface area (Å²) in [5.41, 5.74) is -0.183. The van der Waals surface area contributed by atoms with Crippen molar-refractivity contribution in [3.8, 4) is 0 Å². The van der Waals surface area contributed by atoms with Gasteiger partial charge in [-0.05, 0) is 20.3 Å². The molecule has 0 saturated heterocycles. The van der Waals surface area contributed by atoms with Gasteiger partial charge in [-0.25, -0.2) is 0 Å². The van der Waals surface area contributed by atoms with Gasteiger partial charge in [0.05, 0.1) is 19.3 Å². The minimum atomic E-state index is -0.183. The molecule has 0 rings (SSSR count). The molecule has 0 saturated carbocycles. The molecule has 10 heavy (non-hydrogen) atoms. The first-order valence-corrected chi connectivity index (χ1v) is 3.63.